The number of hydrogen-bond donors (Lipinski definition) is 1. The summed E-state index contributed by atoms with van der Waals surface area (Å²) in [4.78, 5) is 34.6. The van der Waals surface area contributed by atoms with Crippen LogP contribution in [-0.4, -0.2) is 30.9 Å². The number of ketones is 1. The van der Waals surface area contributed by atoms with Crippen LogP contribution in [0.3, 0.4) is 0 Å². The third-order valence-electron chi connectivity index (χ3n) is 3.02. The molecule has 24 heavy (non-hydrogen) atoms. The van der Waals surface area contributed by atoms with Gasteiger partial charge in [0.2, 0.25) is 0 Å². The Balaban J connectivity index is 1.75. The Labute approximate surface area is 139 Å². The normalized spacial score (nSPS) is 9.88. The van der Waals surface area contributed by atoms with E-state index in [2.05, 4.69) is 5.32 Å². The topological polar surface area (TPSA) is 81.7 Å². The van der Waals surface area contributed by atoms with Crippen molar-refractivity contribution in [1.29, 1.82) is 0 Å². The molecule has 0 aromatic heterocycles. The van der Waals surface area contributed by atoms with Crippen LogP contribution in [-0.2, 0) is 14.3 Å². The van der Waals surface area contributed by atoms with Gasteiger partial charge in [0.1, 0.15) is 5.75 Å². The molecule has 0 spiro atoms. The number of hydrogen-bond acceptors (Lipinski definition) is 5. The maximum absolute atomic E-state index is 11.8. The van der Waals surface area contributed by atoms with E-state index in [1.54, 1.807) is 48.5 Å². The van der Waals surface area contributed by atoms with Crippen LogP contribution in [0.15, 0.2) is 54.6 Å². The number of Topliss-reactive ketones (excluding diaryl/α,β-unsaturated/α-hetero) is 1. The largest absolute Gasteiger partial charge is 0.482 e. The fourth-order valence-electron chi connectivity index (χ4n) is 1.86. The summed E-state index contributed by atoms with van der Waals surface area (Å²) in [5, 5.41) is 2.56. The summed E-state index contributed by atoms with van der Waals surface area (Å²) in [5.41, 5.74) is 0.949. The van der Waals surface area contributed by atoms with E-state index in [1.807, 2.05) is 6.07 Å². The van der Waals surface area contributed by atoms with Crippen molar-refractivity contribution < 1.29 is 23.9 Å². The molecule has 6 heteroatoms. The molecule has 2 aromatic carbocycles. The zero-order valence-corrected chi connectivity index (χ0v) is 13.2. The van der Waals surface area contributed by atoms with E-state index in [9.17, 15) is 14.4 Å². The first kappa shape index (κ1) is 17.2. The lowest BCUT2D eigenvalue weighted by Crippen LogP contribution is -2.23. The maximum Gasteiger partial charge on any atom is 0.344 e. The van der Waals surface area contributed by atoms with Gasteiger partial charge in [-0.1, -0.05) is 30.3 Å². The van der Waals surface area contributed by atoms with Gasteiger partial charge in [0, 0.05) is 11.3 Å². The van der Waals surface area contributed by atoms with Crippen LogP contribution in [0.1, 0.15) is 17.3 Å². The Kier molecular flexibility index (Phi) is 6.08. The first-order chi connectivity index (χ1) is 11.5. The minimum Gasteiger partial charge on any atom is -0.482 e. The minimum absolute atomic E-state index is 0.101. The number of rotatable bonds is 7. The summed E-state index contributed by atoms with van der Waals surface area (Å²) in [6.07, 6.45) is 0. The number of amides is 1. The zero-order chi connectivity index (χ0) is 17.4. The second kappa shape index (κ2) is 8.47. The SMILES string of the molecule is CC(=O)c1cccc(NC(=O)COC(=O)COc2ccccc2)c1. The number of benzene rings is 2. The second-order valence-corrected chi connectivity index (χ2v) is 4.95. The summed E-state index contributed by atoms with van der Waals surface area (Å²) in [6.45, 7) is 0.730. The predicted molar refractivity (Wildman–Crippen MR) is 88.0 cm³/mol. The number of para-hydroxylation sites is 1. The molecule has 0 saturated heterocycles. The van der Waals surface area contributed by atoms with Crippen molar-refractivity contribution >= 4 is 23.3 Å². The van der Waals surface area contributed by atoms with Crippen LogP contribution in [0.5, 0.6) is 5.75 Å². The molecule has 1 N–H and O–H groups in total. The number of esters is 1. The summed E-state index contributed by atoms with van der Waals surface area (Å²) in [5.74, 6) is -0.703. The molecule has 0 aliphatic rings. The molecular formula is C18H17NO5. The van der Waals surface area contributed by atoms with Gasteiger partial charge in [-0.15, -0.1) is 0 Å². The van der Waals surface area contributed by atoms with E-state index in [-0.39, 0.29) is 12.4 Å². The summed E-state index contributed by atoms with van der Waals surface area (Å²) < 4.78 is 10.0. The molecule has 0 aliphatic carbocycles. The van der Waals surface area contributed by atoms with Crippen molar-refractivity contribution in [2.24, 2.45) is 0 Å². The molecule has 0 aliphatic heterocycles. The lowest BCUT2D eigenvalue weighted by atomic mass is 10.1. The number of carbonyl (C=O) groups excluding carboxylic acids is 3. The quantitative estimate of drug-likeness (QED) is 0.624. The molecular weight excluding hydrogens is 310 g/mol. The first-order valence-corrected chi connectivity index (χ1v) is 7.29. The number of nitrogens with one attached hydrogen (secondary N) is 1. The predicted octanol–water partition coefficient (Wildman–Crippen LogP) is 2.45. The van der Waals surface area contributed by atoms with E-state index >= 15 is 0 Å². The fraction of sp³-hybridized carbons (Fsp3) is 0.167. The second-order valence-electron chi connectivity index (χ2n) is 4.95. The molecule has 2 aromatic rings. The minimum atomic E-state index is -0.647. The molecule has 0 atom stereocenters. The molecule has 0 bridgehead atoms. The number of anilines is 1. The molecule has 2 rings (SSSR count). The summed E-state index contributed by atoms with van der Waals surface area (Å²) in [7, 11) is 0. The number of ether oxygens (including phenoxy) is 2. The van der Waals surface area contributed by atoms with Gasteiger partial charge in [0.25, 0.3) is 5.91 Å². The zero-order valence-electron chi connectivity index (χ0n) is 13.2. The van der Waals surface area contributed by atoms with Gasteiger partial charge in [-0.25, -0.2) is 4.79 Å². The Morgan fingerprint density at radius 2 is 1.71 bits per heavy atom. The van der Waals surface area contributed by atoms with Crippen molar-refractivity contribution in [3.05, 3.63) is 60.2 Å². The molecule has 124 valence electrons. The van der Waals surface area contributed by atoms with Gasteiger partial charge >= 0.3 is 5.97 Å². The van der Waals surface area contributed by atoms with E-state index < -0.39 is 18.5 Å². The smallest absolute Gasteiger partial charge is 0.344 e. The third kappa shape index (κ3) is 5.57. The molecule has 0 saturated carbocycles. The average Bonchev–Trinajstić information content (AvgIpc) is 2.59. The van der Waals surface area contributed by atoms with Gasteiger partial charge in [-0.2, -0.15) is 0 Å². The Morgan fingerprint density at radius 1 is 0.958 bits per heavy atom. The van der Waals surface area contributed by atoms with E-state index in [4.69, 9.17) is 9.47 Å². The van der Waals surface area contributed by atoms with Crippen LogP contribution in [0.4, 0.5) is 5.69 Å². The average molecular weight is 327 g/mol. The highest BCUT2D eigenvalue weighted by Crippen LogP contribution is 2.11. The molecule has 6 nitrogen and oxygen atoms in total. The standard InChI is InChI=1S/C18H17NO5/c1-13(20)14-6-5-7-15(10-14)19-17(21)11-24-18(22)12-23-16-8-3-2-4-9-16/h2-10H,11-12H2,1H3,(H,19,21). The van der Waals surface area contributed by atoms with Crippen LogP contribution in [0.25, 0.3) is 0 Å². The highest BCUT2D eigenvalue weighted by Gasteiger charge is 2.09. The maximum atomic E-state index is 11.8. The van der Waals surface area contributed by atoms with Crippen molar-refractivity contribution in [3.63, 3.8) is 0 Å². The van der Waals surface area contributed by atoms with Crippen molar-refractivity contribution in [2.45, 2.75) is 6.92 Å². The van der Waals surface area contributed by atoms with Crippen molar-refractivity contribution in [2.75, 3.05) is 18.5 Å². The van der Waals surface area contributed by atoms with Gasteiger partial charge in [0.05, 0.1) is 0 Å². The van der Waals surface area contributed by atoms with Gasteiger partial charge < -0.3 is 14.8 Å². The molecule has 0 heterocycles. The van der Waals surface area contributed by atoms with Crippen LogP contribution in [0, 0.1) is 0 Å². The van der Waals surface area contributed by atoms with Gasteiger partial charge in [-0.05, 0) is 31.2 Å². The fourth-order valence-corrected chi connectivity index (χ4v) is 1.86. The van der Waals surface area contributed by atoms with E-state index in [0.717, 1.165) is 0 Å². The van der Waals surface area contributed by atoms with E-state index in [0.29, 0.717) is 17.0 Å². The number of carbonyl (C=O) groups is 3. The van der Waals surface area contributed by atoms with Crippen LogP contribution in [0.2, 0.25) is 0 Å². The Bertz CT molecular complexity index is 727. The lowest BCUT2D eigenvalue weighted by Gasteiger charge is -2.08. The first-order valence-electron chi connectivity index (χ1n) is 7.29. The van der Waals surface area contributed by atoms with Gasteiger partial charge in [0.15, 0.2) is 19.0 Å². The lowest BCUT2D eigenvalue weighted by molar-refractivity contribution is -0.149. The van der Waals surface area contributed by atoms with Gasteiger partial charge in [-0.3, -0.25) is 9.59 Å². The van der Waals surface area contributed by atoms with Crippen molar-refractivity contribution in [1.82, 2.24) is 0 Å². The molecule has 0 unspecified atom stereocenters. The molecule has 1 amide bonds. The van der Waals surface area contributed by atoms with Crippen molar-refractivity contribution in [3.8, 4) is 5.75 Å². The molecule has 0 radical (unpaired) electrons. The Hall–Kier alpha value is -3.15. The summed E-state index contributed by atoms with van der Waals surface area (Å²) >= 11 is 0. The Morgan fingerprint density at radius 3 is 2.42 bits per heavy atom. The highest BCUT2D eigenvalue weighted by atomic mass is 16.6. The third-order valence-corrected chi connectivity index (χ3v) is 3.02. The van der Waals surface area contributed by atoms with E-state index in [1.165, 1.54) is 6.92 Å². The summed E-state index contributed by atoms with van der Waals surface area (Å²) in [6, 6.07) is 15.3. The van der Waals surface area contributed by atoms with Crippen LogP contribution < -0.4 is 10.1 Å². The highest BCUT2D eigenvalue weighted by molar-refractivity contribution is 5.97. The van der Waals surface area contributed by atoms with Crippen LogP contribution >= 0.6 is 0 Å². The molecule has 0 fully saturated rings. The monoisotopic (exact) mass is 327 g/mol.